The van der Waals surface area contributed by atoms with E-state index in [2.05, 4.69) is 10.2 Å². The molecule has 2 aliphatic rings. The second-order valence-electron chi connectivity index (χ2n) is 5.57. The molecule has 0 aromatic rings. The highest BCUT2D eigenvalue weighted by atomic mass is 32.2. The maximum atomic E-state index is 12.1. The number of nitrogens with zero attached hydrogens (tertiary/aromatic N) is 2. The molecule has 0 atom stereocenters. The predicted molar refractivity (Wildman–Crippen MR) is 76.8 cm³/mol. The molecule has 0 bridgehead atoms. The molecule has 9 heteroatoms. The summed E-state index contributed by atoms with van der Waals surface area (Å²) in [5.41, 5.74) is -0.441. The zero-order valence-electron chi connectivity index (χ0n) is 12.2. The molecule has 2 heterocycles. The van der Waals surface area contributed by atoms with Gasteiger partial charge in [-0.25, -0.2) is 13.2 Å². The van der Waals surface area contributed by atoms with Gasteiger partial charge in [-0.1, -0.05) is 6.92 Å². The quantitative estimate of drug-likeness (QED) is 0.676. The first-order valence-electron chi connectivity index (χ1n) is 7.17. The maximum absolute atomic E-state index is 12.1. The number of carboxylic acid groups (broad SMARTS) is 1. The monoisotopic (exact) mass is 321 g/mol. The SMILES string of the molecule is CCCS(=O)(=O)N1CC(CNC(=O)O)(N2CCOCC2)C1. The van der Waals surface area contributed by atoms with Gasteiger partial charge >= 0.3 is 6.09 Å². The smallest absolute Gasteiger partial charge is 0.404 e. The van der Waals surface area contributed by atoms with Gasteiger partial charge in [0.1, 0.15) is 0 Å². The lowest BCUT2D eigenvalue weighted by Gasteiger charge is -2.55. The van der Waals surface area contributed by atoms with Crippen LogP contribution in [0.1, 0.15) is 13.3 Å². The van der Waals surface area contributed by atoms with Crippen molar-refractivity contribution in [2.75, 3.05) is 51.7 Å². The van der Waals surface area contributed by atoms with Gasteiger partial charge in [0.25, 0.3) is 0 Å². The van der Waals surface area contributed by atoms with Crippen LogP contribution in [0, 0.1) is 0 Å². The first-order chi connectivity index (χ1) is 9.89. The third kappa shape index (κ3) is 3.65. The molecule has 2 fully saturated rings. The van der Waals surface area contributed by atoms with Gasteiger partial charge in [-0.2, -0.15) is 4.31 Å². The van der Waals surface area contributed by atoms with Crippen molar-refractivity contribution in [2.24, 2.45) is 0 Å². The van der Waals surface area contributed by atoms with E-state index in [4.69, 9.17) is 9.84 Å². The van der Waals surface area contributed by atoms with E-state index in [0.717, 1.165) is 0 Å². The lowest BCUT2D eigenvalue weighted by atomic mass is 9.89. The van der Waals surface area contributed by atoms with Crippen LogP contribution in [0.25, 0.3) is 0 Å². The minimum absolute atomic E-state index is 0.137. The average molecular weight is 321 g/mol. The van der Waals surface area contributed by atoms with E-state index in [1.165, 1.54) is 4.31 Å². The number of sulfonamides is 1. The van der Waals surface area contributed by atoms with Crippen LogP contribution >= 0.6 is 0 Å². The van der Waals surface area contributed by atoms with Crippen LogP contribution < -0.4 is 5.32 Å². The minimum Gasteiger partial charge on any atom is -0.465 e. The summed E-state index contributed by atoms with van der Waals surface area (Å²) in [7, 11) is -3.22. The van der Waals surface area contributed by atoms with Crippen molar-refractivity contribution in [3.8, 4) is 0 Å². The van der Waals surface area contributed by atoms with Gasteiger partial charge < -0.3 is 15.2 Å². The van der Waals surface area contributed by atoms with E-state index in [9.17, 15) is 13.2 Å². The first-order valence-corrected chi connectivity index (χ1v) is 8.78. The average Bonchev–Trinajstić information content (AvgIpc) is 2.38. The van der Waals surface area contributed by atoms with Gasteiger partial charge in [-0.15, -0.1) is 0 Å². The van der Waals surface area contributed by atoms with Gasteiger partial charge in [0.05, 0.1) is 24.5 Å². The summed E-state index contributed by atoms with van der Waals surface area (Å²) in [5.74, 6) is 0.137. The number of morpholine rings is 1. The summed E-state index contributed by atoms with van der Waals surface area (Å²) in [5, 5.41) is 11.2. The van der Waals surface area contributed by atoms with Crippen molar-refractivity contribution in [3.05, 3.63) is 0 Å². The van der Waals surface area contributed by atoms with Crippen molar-refractivity contribution in [3.63, 3.8) is 0 Å². The fraction of sp³-hybridized carbons (Fsp3) is 0.917. The van der Waals surface area contributed by atoms with Crippen molar-refractivity contribution in [2.45, 2.75) is 18.9 Å². The summed E-state index contributed by atoms with van der Waals surface area (Å²) in [4.78, 5) is 12.9. The molecular formula is C12H23N3O5S. The summed E-state index contributed by atoms with van der Waals surface area (Å²) in [6, 6.07) is 0. The van der Waals surface area contributed by atoms with Crippen LogP contribution in [0.5, 0.6) is 0 Å². The molecule has 0 unspecified atom stereocenters. The van der Waals surface area contributed by atoms with E-state index in [-0.39, 0.29) is 12.3 Å². The van der Waals surface area contributed by atoms with E-state index in [1.807, 2.05) is 6.92 Å². The standard InChI is InChI=1S/C12H23N3O5S/c1-2-7-21(18,19)15-9-12(10-15,8-13-11(16)17)14-3-5-20-6-4-14/h13H,2-10H2,1H3,(H,16,17). The molecule has 122 valence electrons. The normalized spacial score (nSPS) is 23.5. The number of amides is 1. The van der Waals surface area contributed by atoms with E-state index >= 15 is 0 Å². The lowest BCUT2D eigenvalue weighted by Crippen LogP contribution is -2.76. The Morgan fingerprint density at radius 2 is 1.95 bits per heavy atom. The number of nitrogens with one attached hydrogen (secondary N) is 1. The second kappa shape index (κ2) is 6.47. The van der Waals surface area contributed by atoms with Crippen LogP contribution in [-0.2, 0) is 14.8 Å². The van der Waals surface area contributed by atoms with E-state index in [0.29, 0.717) is 45.8 Å². The second-order valence-corrected chi connectivity index (χ2v) is 7.66. The Hall–Kier alpha value is -0.900. The minimum atomic E-state index is -3.22. The number of hydrogen-bond acceptors (Lipinski definition) is 5. The van der Waals surface area contributed by atoms with E-state index in [1.54, 1.807) is 0 Å². The largest absolute Gasteiger partial charge is 0.465 e. The molecule has 0 aliphatic carbocycles. The Labute approximate surface area is 125 Å². The van der Waals surface area contributed by atoms with Crippen molar-refractivity contribution in [1.82, 2.24) is 14.5 Å². The Kier molecular flexibility index (Phi) is 5.07. The van der Waals surface area contributed by atoms with Gasteiger partial charge in [-0.05, 0) is 6.42 Å². The summed E-state index contributed by atoms with van der Waals surface area (Å²) < 4.78 is 30.9. The van der Waals surface area contributed by atoms with E-state index < -0.39 is 21.7 Å². The molecule has 0 spiro atoms. The molecule has 1 amide bonds. The Morgan fingerprint density at radius 1 is 1.33 bits per heavy atom. The summed E-state index contributed by atoms with van der Waals surface area (Å²) >= 11 is 0. The molecule has 0 aromatic carbocycles. The third-order valence-electron chi connectivity index (χ3n) is 4.05. The predicted octanol–water partition coefficient (Wildman–Crippen LogP) is -0.620. The highest BCUT2D eigenvalue weighted by Gasteiger charge is 2.51. The maximum Gasteiger partial charge on any atom is 0.404 e. The fourth-order valence-corrected chi connectivity index (χ4v) is 4.54. The molecule has 2 rings (SSSR count). The topological polar surface area (TPSA) is 99.2 Å². The van der Waals surface area contributed by atoms with Crippen LogP contribution in [-0.4, -0.2) is 86.1 Å². The third-order valence-corrected chi connectivity index (χ3v) is 6.02. The zero-order chi connectivity index (χ0) is 15.5. The van der Waals surface area contributed by atoms with Crippen LogP contribution in [0.4, 0.5) is 4.79 Å². The van der Waals surface area contributed by atoms with Crippen molar-refractivity contribution < 1.29 is 23.1 Å². The fourth-order valence-electron chi connectivity index (χ4n) is 2.90. The molecule has 0 radical (unpaired) electrons. The number of ether oxygens (including phenoxy) is 1. The molecule has 2 saturated heterocycles. The molecule has 2 aliphatic heterocycles. The number of hydrogen-bond donors (Lipinski definition) is 2. The van der Waals surface area contributed by atoms with Crippen LogP contribution in [0.15, 0.2) is 0 Å². The molecular weight excluding hydrogens is 298 g/mol. The van der Waals surface area contributed by atoms with Crippen molar-refractivity contribution >= 4 is 16.1 Å². The lowest BCUT2D eigenvalue weighted by molar-refractivity contribution is -0.0676. The number of rotatable bonds is 6. The molecule has 0 saturated carbocycles. The summed E-state index contributed by atoms with van der Waals surface area (Å²) in [6.07, 6.45) is -0.506. The van der Waals surface area contributed by atoms with Gasteiger partial charge in [0.15, 0.2) is 0 Å². The van der Waals surface area contributed by atoms with Crippen molar-refractivity contribution in [1.29, 1.82) is 0 Å². The Balaban J connectivity index is 2.04. The van der Waals surface area contributed by atoms with Gasteiger partial charge in [0, 0.05) is 32.7 Å². The molecule has 8 nitrogen and oxygen atoms in total. The van der Waals surface area contributed by atoms with Crippen LogP contribution in [0.3, 0.4) is 0 Å². The highest BCUT2D eigenvalue weighted by molar-refractivity contribution is 7.89. The summed E-state index contributed by atoms with van der Waals surface area (Å²) in [6.45, 7) is 5.34. The Bertz CT molecular complexity index is 469. The van der Waals surface area contributed by atoms with Gasteiger partial charge in [0.2, 0.25) is 10.0 Å². The molecule has 2 N–H and O–H groups in total. The van der Waals surface area contributed by atoms with Crippen LogP contribution in [0.2, 0.25) is 0 Å². The van der Waals surface area contributed by atoms with Gasteiger partial charge in [-0.3, -0.25) is 4.90 Å². The Morgan fingerprint density at radius 3 is 2.48 bits per heavy atom. The molecule has 21 heavy (non-hydrogen) atoms. The highest BCUT2D eigenvalue weighted by Crippen LogP contribution is 2.31. The zero-order valence-corrected chi connectivity index (χ0v) is 13.1. The number of carbonyl (C=O) groups is 1. The molecule has 0 aromatic heterocycles. The first kappa shape index (κ1) is 16.5.